The fraction of sp³-hybridized carbons (Fsp3) is 0.0909. The van der Waals surface area contributed by atoms with E-state index in [1.54, 1.807) is 18.2 Å². The van der Waals surface area contributed by atoms with Crippen LogP contribution in [0.2, 0.25) is 0 Å². The second kappa shape index (κ2) is 7.55. The largest absolute Gasteiger partial charge is 0.478 e. The summed E-state index contributed by atoms with van der Waals surface area (Å²) >= 11 is 0. The third-order valence-corrected chi connectivity index (χ3v) is 4.39. The first-order valence-electron chi connectivity index (χ1n) is 8.84. The molecule has 1 aromatic heterocycles. The molecule has 0 bridgehead atoms. The Bertz CT molecular complexity index is 1170. The summed E-state index contributed by atoms with van der Waals surface area (Å²) in [5, 5.41) is 9.46. The quantitative estimate of drug-likeness (QED) is 0.453. The number of carboxylic acid groups (broad SMARTS) is 1. The monoisotopic (exact) mass is 413 g/mol. The summed E-state index contributed by atoms with van der Waals surface area (Å²) in [5.41, 5.74) is 0.914. The zero-order valence-electron chi connectivity index (χ0n) is 15.3. The van der Waals surface area contributed by atoms with Gasteiger partial charge < -0.3 is 14.3 Å². The van der Waals surface area contributed by atoms with Gasteiger partial charge in [0.25, 0.3) is 0 Å². The number of hydrogen-bond donors (Lipinski definition) is 1. The van der Waals surface area contributed by atoms with Gasteiger partial charge in [0.2, 0.25) is 12.0 Å². The molecule has 8 heteroatoms. The first-order valence-corrected chi connectivity index (χ1v) is 8.84. The zero-order chi connectivity index (χ0) is 21.3. The van der Waals surface area contributed by atoms with Crippen molar-refractivity contribution >= 4 is 17.1 Å². The Kier molecular flexibility index (Phi) is 4.91. The third kappa shape index (κ3) is 3.98. The Labute approximate surface area is 168 Å². The van der Waals surface area contributed by atoms with Gasteiger partial charge in [-0.05, 0) is 48.5 Å². The number of carbonyl (C=O) groups is 1. The number of oxazole rings is 1. The third-order valence-electron chi connectivity index (χ3n) is 4.39. The molecule has 0 aliphatic heterocycles. The van der Waals surface area contributed by atoms with E-state index in [1.165, 1.54) is 18.2 Å². The van der Waals surface area contributed by atoms with E-state index in [0.29, 0.717) is 22.6 Å². The second-order valence-electron chi connectivity index (χ2n) is 6.47. The standard InChI is InChI=1S/C22H14F3NO4/c23-22(24,25)15-5-3-4-14(12-15)19(21(27)28)29-16-10-8-13(9-11-16)20-26-17-6-1-2-7-18(17)30-20/h1-12,19H,(H,27,28). The zero-order valence-corrected chi connectivity index (χ0v) is 15.3. The van der Waals surface area contributed by atoms with Crippen LogP contribution in [0.15, 0.2) is 77.2 Å². The number of aromatic nitrogens is 1. The van der Waals surface area contributed by atoms with Gasteiger partial charge in [-0.25, -0.2) is 9.78 Å². The fourth-order valence-electron chi connectivity index (χ4n) is 2.95. The highest BCUT2D eigenvalue weighted by molar-refractivity contribution is 5.76. The average molecular weight is 413 g/mol. The summed E-state index contributed by atoms with van der Waals surface area (Å²) in [6, 6.07) is 17.6. The lowest BCUT2D eigenvalue weighted by molar-refractivity contribution is -0.146. The number of carboxylic acids is 1. The molecule has 0 fully saturated rings. The fourth-order valence-corrected chi connectivity index (χ4v) is 2.95. The number of rotatable bonds is 5. The SMILES string of the molecule is O=C(O)C(Oc1ccc(-c2nc3ccccc3o2)cc1)c1cccc(C(F)(F)F)c1. The molecule has 1 atom stereocenters. The minimum atomic E-state index is -4.58. The van der Waals surface area contributed by atoms with Gasteiger partial charge in [-0.2, -0.15) is 13.2 Å². The predicted octanol–water partition coefficient (Wildman–Crippen LogP) is 5.72. The van der Waals surface area contributed by atoms with Crippen LogP contribution in [-0.4, -0.2) is 16.1 Å². The minimum absolute atomic E-state index is 0.111. The van der Waals surface area contributed by atoms with Crippen molar-refractivity contribution < 1.29 is 32.2 Å². The first kappa shape index (κ1) is 19.5. The molecule has 1 heterocycles. The van der Waals surface area contributed by atoms with Crippen molar-refractivity contribution in [3.8, 4) is 17.2 Å². The van der Waals surface area contributed by atoms with Gasteiger partial charge in [-0.3, -0.25) is 0 Å². The molecule has 0 saturated heterocycles. The molecule has 1 unspecified atom stereocenters. The lowest BCUT2D eigenvalue weighted by atomic mass is 10.1. The summed E-state index contributed by atoms with van der Waals surface area (Å²) in [7, 11) is 0. The van der Waals surface area contributed by atoms with Crippen LogP contribution in [0.3, 0.4) is 0 Å². The van der Waals surface area contributed by atoms with Crippen LogP contribution in [0.1, 0.15) is 17.2 Å². The summed E-state index contributed by atoms with van der Waals surface area (Å²) in [4.78, 5) is 16.0. The Morgan fingerprint density at radius 3 is 2.40 bits per heavy atom. The Morgan fingerprint density at radius 2 is 1.73 bits per heavy atom. The van der Waals surface area contributed by atoms with E-state index < -0.39 is 23.8 Å². The van der Waals surface area contributed by atoms with Crippen LogP contribution in [-0.2, 0) is 11.0 Å². The van der Waals surface area contributed by atoms with E-state index >= 15 is 0 Å². The number of aliphatic carboxylic acids is 1. The number of ether oxygens (including phenoxy) is 1. The summed E-state index contributed by atoms with van der Waals surface area (Å²) < 4.78 is 50.0. The topological polar surface area (TPSA) is 72.6 Å². The molecule has 4 aromatic rings. The molecule has 0 spiro atoms. The molecule has 1 N–H and O–H groups in total. The molecule has 0 aliphatic rings. The molecule has 0 aliphatic carbocycles. The van der Waals surface area contributed by atoms with Crippen molar-refractivity contribution in [2.45, 2.75) is 12.3 Å². The van der Waals surface area contributed by atoms with E-state index in [-0.39, 0.29) is 11.3 Å². The van der Waals surface area contributed by atoms with E-state index in [9.17, 15) is 23.1 Å². The van der Waals surface area contributed by atoms with Crippen molar-refractivity contribution in [1.29, 1.82) is 0 Å². The lowest BCUT2D eigenvalue weighted by Crippen LogP contribution is -2.19. The molecule has 30 heavy (non-hydrogen) atoms. The van der Waals surface area contributed by atoms with Crippen LogP contribution < -0.4 is 4.74 Å². The summed E-state index contributed by atoms with van der Waals surface area (Å²) in [6.07, 6.45) is -6.18. The molecule has 3 aromatic carbocycles. The average Bonchev–Trinajstić information content (AvgIpc) is 3.16. The Hall–Kier alpha value is -3.81. The number of nitrogens with zero attached hydrogens (tertiary/aromatic N) is 1. The van der Waals surface area contributed by atoms with Gasteiger partial charge in [0.05, 0.1) is 5.56 Å². The van der Waals surface area contributed by atoms with Crippen molar-refractivity contribution in [2.75, 3.05) is 0 Å². The van der Waals surface area contributed by atoms with Crippen LogP contribution in [0.5, 0.6) is 5.75 Å². The summed E-state index contributed by atoms with van der Waals surface area (Å²) in [6.45, 7) is 0. The maximum atomic E-state index is 12.9. The van der Waals surface area contributed by atoms with Crippen LogP contribution in [0.25, 0.3) is 22.6 Å². The van der Waals surface area contributed by atoms with E-state index in [2.05, 4.69) is 4.98 Å². The molecule has 152 valence electrons. The maximum absolute atomic E-state index is 12.9. The Balaban J connectivity index is 1.58. The van der Waals surface area contributed by atoms with Crippen molar-refractivity contribution in [3.05, 3.63) is 83.9 Å². The number of fused-ring (bicyclic) bond motifs is 1. The van der Waals surface area contributed by atoms with Gasteiger partial charge in [0, 0.05) is 11.1 Å². The summed E-state index contributed by atoms with van der Waals surface area (Å²) in [5.74, 6) is -0.840. The number of alkyl halides is 3. The molecule has 0 radical (unpaired) electrons. The normalized spacial score (nSPS) is 12.6. The number of hydrogen-bond acceptors (Lipinski definition) is 4. The van der Waals surface area contributed by atoms with Gasteiger partial charge in [0.15, 0.2) is 5.58 Å². The van der Waals surface area contributed by atoms with Gasteiger partial charge in [-0.1, -0.05) is 24.3 Å². The van der Waals surface area contributed by atoms with Crippen molar-refractivity contribution in [2.24, 2.45) is 0 Å². The highest BCUT2D eigenvalue weighted by Gasteiger charge is 2.32. The Morgan fingerprint density at radius 1 is 1.00 bits per heavy atom. The molecule has 0 amide bonds. The lowest BCUT2D eigenvalue weighted by Gasteiger charge is -2.17. The molecule has 0 saturated carbocycles. The molecule has 5 nitrogen and oxygen atoms in total. The van der Waals surface area contributed by atoms with Gasteiger partial charge in [-0.15, -0.1) is 0 Å². The van der Waals surface area contributed by atoms with Gasteiger partial charge in [0.1, 0.15) is 11.3 Å². The minimum Gasteiger partial charge on any atom is -0.478 e. The van der Waals surface area contributed by atoms with Crippen molar-refractivity contribution in [1.82, 2.24) is 4.98 Å². The highest BCUT2D eigenvalue weighted by atomic mass is 19.4. The first-order chi connectivity index (χ1) is 14.3. The molecule has 4 rings (SSSR count). The highest BCUT2D eigenvalue weighted by Crippen LogP contribution is 2.32. The number of benzene rings is 3. The number of para-hydroxylation sites is 2. The second-order valence-corrected chi connectivity index (χ2v) is 6.47. The predicted molar refractivity (Wildman–Crippen MR) is 102 cm³/mol. The van der Waals surface area contributed by atoms with E-state index in [1.807, 2.05) is 18.2 Å². The van der Waals surface area contributed by atoms with Crippen molar-refractivity contribution in [3.63, 3.8) is 0 Å². The smallest absolute Gasteiger partial charge is 0.416 e. The van der Waals surface area contributed by atoms with Crippen LogP contribution in [0, 0.1) is 0 Å². The number of halogens is 3. The van der Waals surface area contributed by atoms with E-state index in [0.717, 1.165) is 18.2 Å². The van der Waals surface area contributed by atoms with E-state index in [4.69, 9.17) is 9.15 Å². The van der Waals surface area contributed by atoms with Crippen LogP contribution in [0.4, 0.5) is 13.2 Å². The molecular formula is C22H14F3NO4. The maximum Gasteiger partial charge on any atom is 0.416 e. The molecular weight excluding hydrogens is 399 g/mol. The van der Waals surface area contributed by atoms with Gasteiger partial charge >= 0.3 is 12.1 Å². The van der Waals surface area contributed by atoms with Crippen LogP contribution >= 0.6 is 0 Å².